The standard InChI is InChI=1S/C24H24ClFN2O3/c1-24(10-8-20(27-14-24)28-11-9-18(28)23(29)30)13-16-6-7-19(31-2)21(22(16)26)15-4-3-5-17(25)12-15/h3-8,10,12,18H,9,11,13-14H2,1-2H3,(H,29,30)/t18-,24?/m1/s1. The maximum absolute atomic E-state index is 15.6. The van der Waals surface area contributed by atoms with E-state index in [1.807, 2.05) is 19.1 Å². The summed E-state index contributed by atoms with van der Waals surface area (Å²) in [5.74, 6) is -0.0270. The zero-order valence-corrected chi connectivity index (χ0v) is 18.2. The molecule has 1 fully saturated rings. The van der Waals surface area contributed by atoms with Gasteiger partial charge in [-0.15, -0.1) is 0 Å². The van der Waals surface area contributed by atoms with Crippen LogP contribution in [0.25, 0.3) is 11.1 Å². The summed E-state index contributed by atoms with van der Waals surface area (Å²) >= 11 is 6.12. The van der Waals surface area contributed by atoms with Crippen molar-refractivity contribution < 1.29 is 19.0 Å². The SMILES string of the molecule is COc1ccc(CC2(C)C=CC(N3CC[C@@H]3C(=O)O)=NC2)c(F)c1-c1cccc(Cl)c1. The number of likely N-dealkylation sites (tertiary alicyclic amines) is 1. The van der Waals surface area contributed by atoms with E-state index < -0.39 is 12.0 Å². The Balaban J connectivity index is 1.58. The number of amidine groups is 1. The van der Waals surface area contributed by atoms with Crippen LogP contribution in [0, 0.1) is 11.2 Å². The van der Waals surface area contributed by atoms with Gasteiger partial charge in [-0.1, -0.05) is 42.8 Å². The minimum Gasteiger partial charge on any atom is -0.496 e. The second-order valence-corrected chi connectivity index (χ2v) is 8.74. The van der Waals surface area contributed by atoms with Crippen LogP contribution in [0.1, 0.15) is 18.9 Å². The van der Waals surface area contributed by atoms with Crippen LogP contribution < -0.4 is 4.74 Å². The molecule has 5 nitrogen and oxygen atoms in total. The summed E-state index contributed by atoms with van der Waals surface area (Å²) in [6, 6.07) is 10.1. The highest BCUT2D eigenvalue weighted by Crippen LogP contribution is 2.38. The number of halogens is 2. The molecule has 0 radical (unpaired) electrons. The van der Waals surface area contributed by atoms with Gasteiger partial charge < -0.3 is 14.7 Å². The van der Waals surface area contributed by atoms with Crippen molar-refractivity contribution in [1.29, 1.82) is 0 Å². The molecule has 2 atom stereocenters. The Morgan fingerprint density at radius 1 is 1.39 bits per heavy atom. The second kappa shape index (κ2) is 8.35. The van der Waals surface area contributed by atoms with Crippen molar-refractivity contribution >= 4 is 23.4 Å². The highest BCUT2D eigenvalue weighted by molar-refractivity contribution is 6.30. The van der Waals surface area contributed by atoms with Gasteiger partial charge in [0.05, 0.1) is 19.2 Å². The smallest absolute Gasteiger partial charge is 0.326 e. The Labute approximate surface area is 185 Å². The van der Waals surface area contributed by atoms with Crippen LogP contribution in [0.3, 0.4) is 0 Å². The number of carbonyl (C=O) groups is 1. The Hall–Kier alpha value is -2.86. The summed E-state index contributed by atoms with van der Waals surface area (Å²) < 4.78 is 21.0. The van der Waals surface area contributed by atoms with Crippen LogP contribution in [-0.2, 0) is 11.2 Å². The van der Waals surface area contributed by atoms with E-state index in [0.29, 0.717) is 59.2 Å². The zero-order chi connectivity index (χ0) is 22.2. The van der Waals surface area contributed by atoms with Gasteiger partial charge in [-0.2, -0.15) is 0 Å². The number of aliphatic imine (C=N–C) groups is 1. The molecule has 1 N–H and O–H groups in total. The highest BCUT2D eigenvalue weighted by atomic mass is 35.5. The lowest BCUT2D eigenvalue weighted by Gasteiger charge is -2.41. The maximum atomic E-state index is 15.6. The number of ether oxygens (including phenoxy) is 1. The van der Waals surface area contributed by atoms with Gasteiger partial charge in [-0.3, -0.25) is 4.99 Å². The summed E-state index contributed by atoms with van der Waals surface area (Å²) in [6.45, 7) is 3.17. The Bertz CT molecular complexity index is 1080. The van der Waals surface area contributed by atoms with Crippen LogP contribution in [0.5, 0.6) is 5.75 Å². The molecule has 2 aliphatic rings. The van der Waals surface area contributed by atoms with E-state index in [9.17, 15) is 9.90 Å². The number of dihydropyridines is 1. The van der Waals surface area contributed by atoms with Crippen molar-refractivity contribution in [3.05, 3.63) is 65.0 Å². The fourth-order valence-electron chi connectivity index (χ4n) is 4.12. The number of hydrogen-bond acceptors (Lipinski definition) is 4. The Morgan fingerprint density at radius 2 is 2.19 bits per heavy atom. The van der Waals surface area contributed by atoms with Gasteiger partial charge in [-0.05, 0) is 48.2 Å². The topological polar surface area (TPSA) is 62.1 Å². The zero-order valence-electron chi connectivity index (χ0n) is 17.4. The molecule has 4 rings (SSSR count). The molecule has 1 saturated heterocycles. The molecule has 2 aromatic rings. The summed E-state index contributed by atoms with van der Waals surface area (Å²) in [4.78, 5) is 17.7. The third kappa shape index (κ3) is 4.17. The van der Waals surface area contributed by atoms with Crippen molar-refractivity contribution in [2.45, 2.75) is 25.8 Å². The van der Waals surface area contributed by atoms with Gasteiger partial charge in [0.15, 0.2) is 0 Å². The molecule has 162 valence electrons. The third-order valence-electron chi connectivity index (χ3n) is 5.95. The molecule has 1 unspecified atom stereocenters. The van der Waals surface area contributed by atoms with E-state index in [2.05, 4.69) is 4.99 Å². The highest BCUT2D eigenvalue weighted by Gasteiger charge is 2.37. The number of carboxylic acids is 1. The summed E-state index contributed by atoms with van der Waals surface area (Å²) in [5, 5.41) is 9.79. The van der Waals surface area contributed by atoms with Crippen molar-refractivity contribution in [3.63, 3.8) is 0 Å². The lowest BCUT2D eigenvalue weighted by Crippen LogP contribution is -2.55. The number of rotatable bonds is 5. The molecule has 0 saturated carbocycles. The Kier molecular flexibility index (Phi) is 5.75. The van der Waals surface area contributed by atoms with Gasteiger partial charge in [-0.25, -0.2) is 9.18 Å². The van der Waals surface area contributed by atoms with E-state index >= 15 is 4.39 Å². The lowest BCUT2D eigenvalue weighted by atomic mass is 9.81. The summed E-state index contributed by atoms with van der Waals surface area (Å²) in [7, 11) is 1.52. The summed E-state index contributed by atoms with van der Waals surface area (Å²) in [5.41, 5.74) is 1.23. The van der Waals surface area contributed by atoms with Gasteiger partial charge >= 0.3 is 5.97 Å². The number of methoxy groups -OCH3 is 1. The number of carboxylic acid groups (broad SMARTS) is 1. The fourth-order valence-corrected chi connectivity index (χ4v) is 4.31. The predicted molar refractivity (Wildman–Crippen MR) is 119 cm³/mol. The normalized spacial score (nSPS) is 22.6. The molecule has 2 heterocycles. The second-order valence-electron chi connectivity index (χ2n) is 8.30. The van der Waals surface area contributed by atoms with Crippen LogP contribution in [0.15, 0.2) is 53.5 Å². The molecule has 0 amide bonds. The van der Waals surface area contributed by atoms with Crippen molar-refractivity contribution in [1.82, 2.24) is 4.90 Å². The largest absolute Gasteiger partial charge is 0.496 e. The van der Waals surface area contributed by atoms with E-state index in [0.717, 1.165) is 0 Å². The van der Waals surface area contributed by atoms with Gasteiger partial charge in [0.25, 0.3) is 0 Å². The van der Waals surface area contributed by atoms with Crippen molar-refractivity contribution in [2.75, 3.05) is 20.2 Å². The average Bonchev–Trinajstić information content (AvgIpc) is 2.70. The first kappa shape index (κ1) is 21.4. The molecule has 0 bridgehead atoms. The van der Waals surface area contributed by atoms with Crippen LogP contribution in [-0.4, -0.2) is 48.1 Å². The summed E-state index contributed by atoms with van der Waals surface area (Å²) in [6.07, 6.45) is 4.95. The average molecular weight is 443 g/mol. The van der Waals surface area contributed by atoms with Gasteiger partial charge in [0.1, 0.15) is 23.4 Å². The van der Waals surface area contributed by atoms with Crippen LogP contribution in [0.4, 0.5) is 4.39 Å². The fraction of sp³-hybridized carbons (Fsp3) is 0.333. The monoisotopic (exact) mass is 442 g/mol. The molecule has 2 aromatic carbocycles. The first-order chi connectivity index (χ1) is 14.8. The minimum absolute atomic E-state index is 0.334. The van der Waals surface area contributed by atoms with Gasteiger partial charge in [0, 0.05) is 17.0 Å². The van der Waals surface area contributed by atoms with E-state index in [1.54, 1.807) is 41.3 Å². The number of aliphatic carboxylic acids is 1. The van der Waals surface area contributed by atoms with E-state index in [1.165, 1.54) is 7.11 Å². The first-order valence-corrected chi connectivity index (χ1v) is 10.5. The maximum Gasteiger partial charge on any atom is 0.326 e. The number of nitrogens with zero attached hydrogens (tertiary/aromatic N) is 2. The molecule has 31 heavy (non-hydrogen) atoms. The molecule has 0 aliphatic carbocycles. The molecule has 2 aliphatic heterocycles. The van der Waals surface area contributed by atoms with Crippen LogP contribution in [0.2, 0.25) is 5.02 Å². The molecular weight excluding hydrogens is 419 g/mol. The number of hydrogen-bond donors (Lipinski definition) is 1. The predicted octanol–water partition coefficient (Wildman–Crippen LogP) is 4.83. The number of benzene rings is 2. The molecule has 0 spiro atoms. The minimum atomic E-state index is -0.829. The molecule has 7 heteroatoms. The van der Waals surface area contributed by atoms with Crippen LogP contribution >= 0.6 is 11.6 Å². The van der Waals surface area contributed by atoms with Gasteiger partial charge in [0.2, 0.25) is 0 Å². The van der Waals surface area contributed by atoms with E-state index in [4.69, 9.17) is 16.3 Å². The lowest BCUT2D eigenvalue weighted by molar-refractivity contribution is -0.145. The first-order valence-electron chi connectivity index (χ1n) is 10.2. The molecular formula is C24H24ClFN2O3. The van der Waals surface area contributed by atoms with E-state index in [-0.39, 0.29) is 11.2 Å². The van der Waals surface area contributed by atoms with Crippen molar-refractivity contribution in [2.24, 2.45) is 10.4 Å². The Morgan fingerprint density at radius 3 is 2.77 bits per heavy atom. The molecule has 0 aromatic heterocycles. The van der Waals surface area contributed by atoms with Crippen molar-refractivity contribution in [3.8, 4) is 16.9 Å². The quantitative estimate of drug-likeness (QED) is 0.720. The third-order valence-corrected chi connectivity index (χ3v) is 6.18.